The topological polar surface area (TPSA) is 80.9 Å². The number of rotatable bonds is 7. The molecule has 2 heterocycles. The third kappa shape index (κ3) is 4.29. The minimum atomic E-state index is -0.172. The van der Waals surface area contributed by atoms with E-state index in [1.807, 2.05) is 30.3 Å². The van der Waals surface area contributed by atoms with E-state index < -0.39 is 0 Å². The van der Waals surface area contributed by atoms with Gasteiger partial charge in [-0.3, -0.25) is 9.78 Å². The van der Waals surface area contributed by atoms with Crippen LogP contribution in [0.2, 0.25) is 0 Å². The molecule has 2 aromatic heterocycles. The number of hydrogen-bond donors (Lipinski definition) is 1. The van der Waals surface area contributed by atoms with Crippen LogP contribution in [0.25, 0.3) is 11.4 Å². The summed E-state index contributed by atoms with van der Waals surface area (Å²) in [5.41, 5.74) is 1.84. The molecule has 25 heavy (non-hydrogen) atoms. The molecular formula is C19H20N4O2. The van der Waals surface area contributed by atoms with E-state index in [1.165, 1.54) is 0 Å². The molecule has 1 N–H and O–H groups in total. The molecule has 0 bridgehead atoms. The molecule has 3 rings (SSSR count). The van der Waals surface area contributed by atoms with Crippen LogP contribution in [0.3, 0.4) is 0 Å². The lowest BCUT2D eigenvalue weighted by Gasteiger charge is -2.15. The van der Waals surface area contributed by atoms with Gasteiger partial charge in [0.25, 0.3) is 0 Å². The number of pyridine rings is 1. The van der Waals surface area contributed by atoms with Crippen molar-refractivity contribution in [2.75, 3.05) is 0 Å². The van der Waals surface area contributed by atoms with Gasteiger partial charge in [-0.1, -0.05) is 48.8 Å². The zero-order valence-electron chi connectivity index (χ0n) is 14.1. The van der Waals surface area contributed by atoms with E-state index >= 15 is 0 Å². The van der Waals surface area contributed by atoms with Crippen molar-refractivity contribution >= 4 is 5.91 Å². The lowest BCUT2D eigenvalue weighted by molar-refractivity contribution is -0.123. The molecule has 1 aromatic carbocycles. The number of amides is 1. The summed E-state index contributed by atoms with van der Waals surface area (Å²) in [7, 11) is 0. The third-order valence-electron chi connectivity index (χ3n) is 3.92. The summed E-state index contributed by atoms with van der Waals surface area (Å²) in [4.78, 5) is 20.8. The van der Waals surface area contributed by atoms with Crippen LogP contribution in [0.5, 0.6) is 0 Å². The summed E-state index contributed by atoms with van der Waals surface area (Å²) in [5, 5.41) is 6.84. The standard InChI is InChI=1S/C19H20N4O2/c1-2-6-16(14-7-4-3-5-8-14)19(24)21-13-17-22-18(23-25-17)15-9-11-20-12-10-15/h3-5,7-12,16H,2,6,13H2,1H3,(H,21,24). The molecule has 0 aliphatic rings. The summed E-state index contributed by atoms with van der Waals surface area (Å²) in [6, 6.07) is 13.4. The monoisotopic (exact) mass is 336 g/mol. The van der Waals surface area contributed by atoms with Crippen LogP contribution in [-0.2, 0) is 11.3 Å². The van der Waals surface area contributed by atoms with E-state index in [0.717, 1.165) is 24.0 Å². The van der Waals surface area contributed by atoms with E-state index in [4.69, 9.17) is 4.52 Å². The number of hydrogen-bond acceptors (Lipinski definition) is 5. The predicted octanol–water partition coefficient (Wildman–Crippen LogP) is 3.33. The van der Waals surface area contributed by atoms with E-state index in [1.54, 1.807) is 24.5 Å². The minimum absolute atomic E-state index is 0.0308. The van der Waals surface area contributed by atoms with Gasteiger partial charge in [0.15, 0.2) is 0 Å². The van der Waals surface area contributed by atoms with Crippen molar-refractivity contribution in [2.24, 2.45) is 0 Å². The first kappa shape index (κ1) is 16.8. The van der Waals surface area contributed by atoms with Crippen molar-refractivity contribution in [3.8, 4) is 11.4 Å². The Morgan fingerprint density at radius 2 is 1.92 bits per heavy atom. The van der Waals surface area contributed by atoms with E-state index in [9.17, 15) is 4.79 Å². The normalized spacial score (nSPS) is 11.9. The second kappa shape index (κ2) is 8.19. The summed E-state index contributed by atoms with van der Waals surface area (Å²) in [5.74, 6) is 0.661. The fourth-order valence-electron chi connectivity index (χ4n) is 2.65. The smallest absolute Gasteiger partial charge is 0.246 e. The highest BCUT2D eigenvalue weighted by Gasteiger charge is 2.20. The Hall–Kier alpha value is -3.02. The van der Waals surface area contributed by atoms with Crippen molar-refractivity contribution in [1.82, 2.24) is 20.4 Å². The number of nitrogens with zero attached hydrogens (tertiary/aromatic N) is 3. The average Bonchev–Trinajstić information content (AvgIpc) is 3.15. The lowest BCUT2D eigenvalue weighted by Crippen LogP contribution is -2.29. The second-order valence-corrected chi connectivity index (χ2v) is 5.72. The van der Waals surface area contributed by atoms with Gasteiger partial charge >= 0.3 is 0 Å². The van der Waals surface area contributed by atoms with Gasteiger partial charge < -0.3 is 9.84 Å². The zero-order chi connectivity index (χ0) is 17.5. The molecule has 0 fully saturated rings. The molecular weight excluding hydrogens is 316 g/mol. The fourth-order valence-corrected chi connectivity index (χ4v) is 2.65. The molecule has 0 spiro atoms. The third-order valence-corrected chi connectivity index (χ3v) is 3.92. The summed E-state index contributed by atoms with van der Waals surface area (Å²) in [6.07, 6.45) is 5.06. The largest absolute Gasteiger partial charge is 0.346 e. The van der Waals surface area contributed by atoms with Gasteiger partial charge in [-0.2, -0.15) is 4.98 Å². The quantitative estimate of drug-likeness (QED) is 0.716. The Labute approximate surface area is 146 Å². The predicted molar refractivity (Wildman–Crippen MR) is 93.5 cm³/mol. The zero-order valence-corrected chi connectivity index (χ0v) is 14.1. The number of carbonyl (C=O) groups excluding carboxylic acids is 1. The first-order valence-electron chi connectivity index (χ1n) is 8.33. The molecule has 0 saturated heterocycles. The number of aromatic nitrogens is 3. The molecule has 1 atom stereocenters. The second-order valence-electron chi connectivity index (χ2n) is 5.72. The van der Waals surface area contributed by atoms with Crippen LogP contribution in [0, 0.1) is 0 Å². The average molecular weight is 336 g/mol. The maximum absolute atomic E-state index is 12.6. The minimum Gasteiger partial charge on any atom is -0.346 e. The van der Waals surface area contributed by atoms with Crippen LogP contribution >= 0.6 is 0 Å². The Balaban J connectivity index is 1.64. The maximum atomic E-state index is 12.6. The van der Waals surface area contributed by atoms with Gasteiger partial charge in [0.1, 0.15) is 0 Å². The highest BCUT2D eigenvalue weighted by molar-refractivity contribution is 5.83. The van der Waals surface area contributed by atoms with Gasteiger partial charge in [0.2, 0.25) is 17.6 Å². The van der Waals surface area contributed by atoms with Gasteiger partial charge in [-0.05, 0) is 24.1 Å². The highest BCUT2D eigenvalue weighted by atomic mass is 16.5. The first-order chi connectivity index (χ1) is 12.3. The number of nitrogens with one attached hydrogen (secondary N) is 1. The molecule has 3 aromatic rings. The Kier molecular flexibility index (Phi) is 5.51. The van der Waals surface area contributed by atoms with Crippen LogP contribution in [0.15, 0.2) is 59.4 Å². The highest BCUT2D eigenvalue weighted by Crippen LogP contribution is 2.21. The lowest BCUT2D eigenvalue weighted by atomic mass is 9.94. The van der Waals surface area contributed by atoms with Gasteiger partial charge in [0, 0.05) is 18.0 Å². The molecule has 0 aliphatic heterocycles. The van der Waals surface area contributed by atoms with Gasteiger partial charge in [-0.25, -0.2) is 0 Å². The van der Waals surface area contributed by atoms with Crippen molar-refractivity contribution in [2.45, 2.75) is 32.2 Å². The van der Waals surface area contributed by atoms with Crippen molar-refractivity contribution in [3.63, 3.8) is 0 Å². The summed E-state index contributed by atoms with van der Waals surface area (Å²) in [6.45, 7) is 2.28. The molecule has 1 amide bonds. The van der Waals surface area contributed by atoms with E-state index in [-0.39, 0.29) is 18.4 Å². The molecule has 0 radical (unpaired) electrons. The van der Waals surface area contributed by atoms with Crippen LogP contribution in [-0.4, -0.2) is 21.0 Å². The van der Waals surface area contributed by atoms with Crippen LogP contribution in [0.4, 0.5) is 0 Å². The number of carbonyl (C=O) groups is 1. The Morgan fingerprint density at radius 3 is 2.64 bits per heavy atom. The van der Waals surface area contributed by atoms with Crippen molar-refractivity contribution in [3.05, 3.63) is 66.3 Å². The van der Waals surface area contributed by atoms with Crippen LogP contribution < -0.4 is 5.32 Å². The molecule has 6 heteroatoms. The fraction of sp³-hybridized carbons (Fsp3) is 0.263. The molecule has 6 nitrogen and oxygen atoms in total. The van der Waals surface area contributed by atoms with Crippen LogP contribution in [0.1, 0.15) is 37.1 Å². The first-order valence-corrected chi connectivity index (χ1v) is 8.33. The SMILES string of the molecule is CCCC(C(=O)NCc1nc(-c2ccncc2)no1)c1ccccc1. The van der Waals surface area contributed by atoms with Gasteiger partial charge in [-0.15, -0.1) is 0 Å². The Bertz CT molecular complexity index is 803. The summed E-state index contributed by atoms with van der Waals surface area (Å²) < 4.78 is 5.22. The van der Waals surface area contributed by atoms with Crippen molar-refractivity contribution in [1.29, 1.82) is 0 Å². The molecule has 0 saturated carbocycles. The van der Waals surface area contributed by atoms with Crippen molar-refractivity contribution < 1.29 is 9.32 Å². The Morgan fingerprint density at radius 1 is 1.16 bits per heavy atom. The van der Waals surface area contributed by atoms with E-state index in [0.29, 0.717) is 11.7 Å². The van der Waals surface area contributed by atoms with Gasteiger partial charge in [0.05, 0.1) is 12.5 Å². The molecule has 128 valence electrons. The van der Waals surface area contributed by atoms with E-state index in [2.05, 4.69) is 27.4 Å². The molecule has 0 aliphatic carbocycles. The summed E-state index contributed by atoms with van der Waals surface area (Å²) >= 11 is 0. The number of benzene rings is 1. The molecule has 1 unspecified atom stereocenters. The maximum Gasteiger partial charge on any atom is 0.246 e.